The van der Waals surface area contributed by atoms with Crippen LogP contribution in [0.5, 0.6) is 0 Å². The number of alkyl halides is 3. The van der Waals surface area contributed by atoms with Gasteiger partial charge in [-0.05, 0) is 6.07 Å². The maximum absolute atomic E-state index is 12.8. The summed E-state index contributed by atoms with van der Waals surface area (Å²) in [4.78, 5) is 0. The van der Waals surface area contributed by atoms with Crippen molar-refractivity contribution < 1.29 is 13.2 Å². The van der Waals surface area contributed by atoms with Crippen LogP contribution in [0.1, 0.15) is 5.56 Å². The number of aromatic nitrogens is 2. The van der Waals surface area contributed by atoms with Gasteiger partial charge in [-0.3, -0.25) is 0 Å². The Bertz CT molecular complexity index is 522. The van der Waals surface area contributed by atoms with Crippen molar-refractivity contribution in [2.75, 3.05) is 12.4 Å². The van der Waals surface area contributed by atoms with E-state index in [0.717, 1.165) is 17.4 Å². The lowest BCUT2D eigenvalue weighted by molar-refractivity contribution is -0.137. The van der Waals surface area contributed by atoms with Crippen molar-refractivity contribution in [1.82, 2.24) is 10.2 Å². The fourth-order valence-electron chi connectivity index (χ4n) is 1.35. The second kappa shape index (κ2) is 4.33. The predicted octanol–water partition coefficient (Wildman–Crippen LogP) is 3.27. The first-order chi connectivity index (χ1) is 8.02. The van der Waals surface area contributed by atoms with Crippen molar-refractivity contribution in [2.45, 2.75) is 6.18 Å². The molecule has 1 heterocycles. The molecule has 1 N–H and O–H groups in total. The highest BCUT2D eigenvalue weighted by atomic mass is 32.1. The number of hydrogen-bond donors (Lipinski definition) is 1. The summed E-state index contributed by atoms with van der Waals surface area (Å²) >= 11 is 1.08. The summed E-state index contributed by atoms with van der Waals surface area (Å²) in [5.41, 5.74) is -0.641. The van der Waals surface area contributed by atoms with Gasteiger partial charge in [0, 0.05) is 12.6 Å². The minimum absolute atomic E-state index is 0.0546. The Kier molecular flexibility index (Phi) is 3.01. The van der Waals surface area contributed by atoms with Gasteiger partial charge in [0.1, 0.15) is 5.01 Å². The van der Waals surface area contributed by atoms with E-state index in [-0.39, 0.29) is 10.6 Å². The third-order valence-corrected chi connectivity index (χ3v) is 3.08. The van der Waals surface area contributed by atoms with Crippen LogP contribution in [0.4, 0.5) is 18.3 Å². The number of nitrogens with one attached hydrogen (secondary N) is 1. The molecule has 0 saturated carbocycles. The smallest absolute Gasteiger partial charge is 0.363 e. The number of rotatable bonds is 2. The zero-order chi connectivity index (χ0) is 12.5. The molecule has 0 bridgehead atoms. The summed E-state index contributed by atoms with van der Waals surface area (Å²) in [6, 6.07) is 5.33. The molecule has 0 aliphatic carbocycles. The summed E-state index contributed by atoms with van der Waals surface area (Å²) < 4.78 is 38.3. The third-order valence-electron chi connectivity index (χ3n) is 2.10. The zero-order valence-corrected chi connectivity index (χ0v) is 9.56. The predicted molar refractivity (Wildman–Crippen MR) is 59.9 cm³/mol. The van der Waals surface area contributed by atoms with E-state index in [0.29, 0.717) is 5.13 Å². The van der Waals surface area contributed by atoms with E-state index < -0.39 is 11.7 Å². The van der Waals surface area contributed by atoms with Crippen molar-refractivity contribution in [3.63, 3.8) is 0 Å². The Morgan fingerprint density at radius 3 is 2.47 bits per heavy atom. The molecule has 90 valence electrons. The Morgan fingerprint density at radius 1 is 1.18 bits per heavy atom. The third kappa shape index (κ3) is 2.38. The van der Waals surface area contributed by atoms with E-state index in [1.807, 2.05) is 0 Å². The van der Waals surface area contributed by atoms with Gasteiger partial charge in [0.15, 0.2) is 0 Å². The van der Waals surface area contributed by atoms with Crippen LogP contribution in [-0.4, -0.2) is 17.2 Å². The minimum Gasteiger partial charge on any atom is -0.363 e. The monoisotopic (exact) mass is 259 g/mol. The van der Waals surface area contributed by atoms with Crippen LogP contribution in [0.15, 0.2) is 24.3 Å². The van der Waals surface area contributed by atoms with Gasteiger partial charge in [0.25, 0.3) is 0 Å². The van der Waals surface area contributed by atoms with Crippen LogP contribution >= 0.6 is 11.3 Å². The molecular formula is C10H8F3N3S. The van der Waals surface area contributed by atoms with Crippen molar-refractivity contribution in [2.24, 2.45) is 0 Å². The Morgan fingerprint density at radius 2 is 1.88 bits per heavy atom. The molecule has 0 radical (unpaired) electrons. The standard InChI is InChI=1S/C10H8F3N3S/c1-14-9-16-15-8(17-9)6-4-2-3-5-7(6)10(11,12)13/h2-5H,1H3,(H,14,16). The average Bonchev–Trinajstić information content (AvgIpc) is 2.76. The molecular weight excluding hydrogens is 251 g/mol. The topological polar surface area (TPSA) is 37.8 Å². The highest BCUT2D eigenvalue weighted by Gasteiger charge is 2.34. The van der Waals surface area contributed by atoms with Crippen molar-refractivity contribution in [3.05, 3.63) is 29.8 Å². The van der Waals surface area contributed by atoms with E-state index in [1.54, 1.807) is 13.1 Å². The summed E-state index contributed by atoms with van der Waals surface area (Å²) in [6.45, 7) is 0. The van der Waals surface area contributed by atoms with Gasteiger partial charge in [-0.25, -0.2) is 0 Å². The maximum Gasteiger partial charge on any atom is 0.417 e. The van der Waals surface area contributed by atoms with Gasteiger partial charge >= 0.3 is 6.18 Å². The highest BCUT2D eigenvalue weighted by molar-refractivity contribution is 7.18. The van der Waals surface area contributed by atoms with Gasteiger partial charge < -0.3 is 5.32 Å². The highest BCUT2D eigenvalue weighted by Crippen LogP contribution is 2.38. The van der Waals surface area contributed by atoms with Crippen molar-refractivity contribution in [1.29, 1.82) is 0 Å². The van der Waals surface area contributed by atoms with Crippen molar-refractivity contribution in [3.8, 4) is 10.6 Å². The molecule has 0 amide bonds. The summed E-state index contributed by atoms with van der Waals surface area (Å²) in [7, 11) is 1.64. The SMILES string of the molecule is CNc1nnc(-c2ccccc2C(F)(F)F)s1. The first-order valence-corrected chi connectivity index (χ1v) is 5.52. The van der Waals surface area contributed by atoms with E-state index in [9.17, 15) is 13.2 Å². The zero-order valence-electron chi connectivity index (χ0n) is 8.75. The number of halogens is 3. The molecule has 0 atom stereocenters. The summed E-state index contributed by atoms with van der Waals surface area (Å²) in [5.74, 6) is 0. The molecule has 17 heavy (non-hydrogen) atoms. The Hall–Kier alpha value is -1.63. The molecule has 3 nitrogen and oxygen atoms in total. The molecule has 0 unspecified atom stereocenters. The fraction of sp³-hybridized carbons (Fsp3) is 0.200. The lowest BCUT2D eigenvalue weighted by Gasteiger charge is -2.09. The van der Waals surface area contributed by atoms with Crippen LogP contribution in [0.3, 0.4) is 0 Å². The molecule has 0 spiro atoms. The Balaban J connectivity index is 2.52. The molecule has 0 fully saturated rings. The first kappa shape index (κ1) is 11.8. The van der Waals surface area contributed by atoms with Crippen LogP contribution in [0.2, 0.25) is 0 Å². The second-order valence-electron chi connectivity index (χ2n) is 3.21. The fourth-order valence-corrected chi connectivity index (χ4v) is 2.09. The summed E-state index contributed by atoms with van der Waals surface area (Å²) in [5, 5.41) is 10.9. The van der Waals surface area contributed by atoms with Gasteiger partial charge in [-0.15, -0.1) is 10.2 Å². The normalized spacial score (nSPS) is 11.5. The minimum atomic E-state index is -4.39. The van der Waals surface area contributed by atoms with Crippen LogP contribution in [-0.2, 0) is 6.18 Å². The number of benzene rings is 1. The van der Waals surface area contributed by atoms with Crippen molar-refractivity contribution >= 4 is 16.5 Å². The summed E-state index contributed by atoms with van der Waals surface area (Å²) in [6.07, 6.45) is -4.39. The molecule has 1 aromatic carbocycles. The second-order valence-corrected chi connectivity index (χ2v) is 4.18. The molecule has 0 aliphatic heterocycles. The molecule has 2 aromatic rings. The maximum atomic E-state index is 12.8. The lowest BCUT2D eigenvalue weighted by Crippen LogP contribution is -2.06. The van der Waals surface area contributed by atoms with Crippen LogP contribution in [0.25, 0.3) is 10.6 Å². The van der Waals surface area contributed by atoms with Gasteiger partial charge in [-0.2, -0.15) is 13.2 Å². The molecule has 0 saturated heterocycles. The van der Waals surface area contributed by atoms with E-state index in [4.69, 9.17) is 0 Å². The van der Waals surface area contributed by atoms with Gasteiger partial charge in [-0.1, -0.05) is 29.5 Å². The van der Waals surface area contributed by atoms with Crippen LogP contribution in [0, 0.1) is 0 Å². The lowest BCUT2D eigenvalue weighted by atomic mass is 10.1. The number of hydrogen-bond acceptors (Lipinski definition) is 4. The largest absolute Gasteiger partial charge is 0.417 e. The van der Waals surface area contributed by atoms with Gasteiger partial charge in [0.05, 0.1) is 5.56 Å². The molecule has 7 heteroatoms. The quantitative estimate of drug-likeness (QED) is 0.899. The van der Waals surface area contributed by atoms with E-state index in [1.165, 1.54) is 12.1 Å². The van der Waals surface area contributed by atoms with Crippen LogP contribution < -0.4 is 5.32 Å². The van der Waals surface area contributed by atoms with E-state index in [2.05, 4.69) is 15.5 Å². The first-order valence-electron chi connectivity index (χ1n) is 4.70. The molecule has 2 rings (SSSR count). The number of nitrogens with zero attached hydrogens (tertiary/aromatic N) is 2. The van der Waals surface area contributed by atoms with Gasteiger partial charge in [0.2, 0.25) is 5.13 Å². The average molecular weight is 259 g/mol. The number of anilines is 1. The molecule has 1 aromatic heterocycles. The Labute approximate surface area is 99.3 Å². The van der Waals surface area contributed by atoms with E-state index >= 15 is 0 Å². The molecule has 0 aliphatic rings.